The number of nitrogens with one attached hydrogen (secondary N) is 3. The quantitative estimate of drug-likeness (QED) is 0.549. The van der Waals surface area contributed by atoms with Gasteiger partial charge in [0.25, 0.3) is 5.91 Å². The smallest absolute Gasteiger partial charge is 0.271 e. The molecule has 1 aliphatic carbocycles. The second kappa shape index (κ2) is 9.84. The number of amides is 3. The molecule has 6 atom stereocenters. The minimum Gasteiger partial charge on any atom is -0.496 e. The molecular weight excluding hydrogens is 458 g/mol. The molecule has 0 bridgehead atoms. The summed E-state index contributed by atoms with van der Waals surface area (Å²) >= 11 is 0. The van der Waals surface area contributed by atoms with Crippen LogP contribution in [0, 0.1) is 35.0 Å². The molecule has 3 amide bonds. The van der Waals surface area contributed by atoms with Crippen molar-refractivity contribution >= 4 is 28.6 Å². The third-order valence-electron chi connectivity index (χ3n) is 8.33. The first-order chi connectivity index (χ1) is 17.4. The number of hydrogen-bond acceptors (Lipinski definition) is 5. The van der Waals surface area contributed by atoms with Crippen LogP contribution < -0.4 is 15.4 Å². The zero-order chi connectivity index (χ0) is 25.4. The molecule has 1 unspecified atom stereocenters. The zero-order valence-corrected chi connectivity index (χ0v) is 20.8. The molecule has 3 N–H and O–H groups in total. The van der Waals surface area contributed by atoms with Crippen LogP contribution >= 0.6 is 0 Å². The summed E-state index contributed by atoms with van der Waals surface area (Å²) in [5.41, 5.74) is 1.23. The Bertz CT molecular complexity index is 1220. The normalized spacial score (nSPS) is 26.8. The molecule has 190 valence electrons. The van der Waals surface area contributed by atoms with Gasteiger partial charge >= 0.3 is 0 Å². The Morgan fingerprint density at radius 1 is 1.31 bits per heavy atom. The van der Waals surface area contributed by atoms with Crippen LogP contribution in [0.15, 0.2) is 24.3 Å². The van der Waals surface area contributed by atoms with E-state index in [1.807, 2.05) is 18.2 Å². The van der Waals surface area contributed by atoms with Gasteiger partial charge in [-0.25, -0.2) is 0 Å². The first-order valence-electron chi connectivity index (χ1n) is 12.9. The highest BCUT2D eigenvalue weighted by Gasteiger charge is 2.50. The van der Waals surface area contributed by atoms with E-state index in [0.717, 1.165) is 30.2 Å². The summed E-state index contributed by atoms with van der Waals surface area (Å²) in [7, 11) is 1.60. The highest BCUT2D eigenvalue weighted by molar-refractivity contribution is 6.02. The Balaban J connectivity index is 1.39. The molecule has 36 heavy (non-hydrogen) atoms. The Kier molecular flexibility index (Phi) is 6.61. The van der Waals surface area contributed by atoms with E-state index >= 15 is 0 Å². The number of fused-ring (bicyclic) bond motifs is 2. The summed E-state index contributed by atoms with van der Waals surface area (Å²) in [6, 6.07) is 8.59. The Morgan fingerprint density at radius 2 is 2.14 bits per heavy atom. The maximum atomic E-state index is 13.7. The molecule has 1 saturated carbocycles. The number of carbonyl (C=O) groups excluding carboxylic acids is 3. The molecule has 3 aliphatic rings. The number of likely N-dealkylation sites (tertiary alicyclic amines) is 1. The van der Waals surface area contributed by atoms with Crippen LogP contribution in [0.3, 0.4) is 0 Å². The number of methoxy groups -OCH3 is 1. The van der Waals surface area contributed by atoms with Crippen molar-refractivity contribution in [1.82, 2.24) is 20.5 Å². The Morgan fingerprint density at radius 3 is 2.86 bits per heavy atom. The molecule has 3 heterocycles. The van der Waals surface area contributed by atoms with Gasteiger partial charge < -0.3 is 25.3 Å². The first-order valence-corrected chi connectivity index (χ1v) is 12.9. The average molecular weight is 492 g/mol. The second-order valence-corrected chi connectivity index (χ2v) is 10.4. The molecule has 1 aromatic heterocycles. The molecule has 9 heteroatoms. The van der Waals surface area contributed by atoms with E-state index in [4.69, 9.17) is 4.74 Å². The maximum absolute atomic E-state index is 13.7. The largest absolute Gasteiger partial charge is 0.496 e. The average Bonchev–Trinajstić information content (AvgIpc) is 3.66. The molecule has 2 saturated heterocycles. The number of aromatic nitrogens is 1. The van der Waals surface area contributed by atoms with Crippen molar-refractivity contribution in [3.8, 4) is 11.8 Å². The van der Waals surface area contributed by atoms with Gasteiger partial charge in [0.15, 0.2) is 0 Å². The molecule has 0 radical (unpaired) electrons. The number of aromatic amines is 1. The summed E-state index contributed by atoms with van der Waals surface area (Å²) < 4.78 is 5.44. The van der Waals surface area contributed by atoms with Gasteiger partial charge in [0, 0.05) is 36.0 Å². The lowest BCUT2D eigenvalue weighted by molar-refractivity contribution is -0.128. The fraction of sp³-hybridized carbons (Fsp3) is 0.556. The van der Waals surface area contributed by atoms with Crippen LogP contribution in [0.2, 0.25) is 0 Å². The van der Waals surface area contributed by atoms with Gasteiger partial charge in [-0.05, 0) is 62.6 Å². The van der Waals surface area contributed by atoms with Crippen molar-refractivity contribution in [3.05, 3.63) is 30.0 Å². The summed E-state index contributed by atoms with van der Waals surface area (Å²) in [5.74, 6) is -0.0557. The summed E-state index contributed by atoms with van der Waals surface area (Å²) in [6.45, 7) is 2.93. The number of carbonyl (C=O) groups is 3. The Labute approximate surface area is 210 Å². The van der Waals surface area contributed by atoms with Crippen molar-refractivity contribution in [1.29, 1.82) is 5.26 Å². The lowest BCUT2D eigenvalue weighted by Crippen LogP contribution is -2.52. The second-order valence-electron chi connectivity index (χ2n) is 10.4. The summed E-state index contributed by atoms with van der Waals surface area (Å²) in [5, 5.41) is 16.3. The van der Waals surface area contributed by atoms with Gasteiger partial charge in [-0.2, -0.15) is 5.26 Å². The predicted octanol–water partition coefficient (Wildman–Crippen LogP) is 2.59. The fourth-order valence-corrected chi connectivity index (χ4v) is 6.35. The summed E-state index contributed by atoms with van der Waals surface area (Å²) in [4.78, 5) is 44.5. The van der Waals surface area contributed by atoms with Crippen molar-refractivity contribution in [2.24, 2.45) is 23.7 Å². The molecule has 2 aromatic rings. The van der Waals surface area contributed by atoms with Crippen molar-refractivity contribution in [2.75, 3.05) is 20.2 Å². The van der Waals surface area contributed by atoms with E-state index < -0.39 is 18.0 Å². The van der Waals surface area contributed by atoms with Crippen LogP contribution in [0.5, 0.6) is 5.75 Å². The van der Waals surface area contributed by atoms with Crippen molar-refractivity contribution in [2.45, 2.75) is 51.1 Å². The van der Waals surface area contributed by atoms with E-state index in [2.05, 4.69) is 21.7 Å². The first kappa shape index (κ1) is 24.2. The van der Waals surface area contributed by atoms with Gasteiger partial charge in [-0.3, -0.25) is 14.4 Å². The van der Waals surface area contributed by atoms with Crippen molar-refractivity contribution < 1.29 is 19.1 Å². The molecule has 3 fully saturated rings. The van der Waals surface area contributed by atoms with E-state index in [-0.39, 0.29) is 35.5 Å². The number of hydrogen-bond donors (Lipinski definition) is 3. The number of ether oxygens (including phenoxy) is 1. The molecule has 0 spiro atoms. The molecule has 9 nitrogen and oxygen atoms in total. The van der Waals surface area contributed by atoms with Gasteiger partial charge in [-0.15, -0.1) is 0 Å². The van der Waals surface area contributed by atoms with Crippen LogP contribution in [0.25, 0.3) is 10.9 Å². The van der Waals surface area contributed by atoms with E-state index in [9.17, 15) is 19.6 Å². The number of H-pyrrole nitrogens is 1. The molecule has 1 aromatic carbocycles. The number of nitriles is 1. The number of rotatable bonds is 7. The lowest BCUT2D eigenvalue weighted by Gasteiger charge is -2.30. The standard InChI is InChI=1S/C27H33N5O4/c1-15(13-28)21(11-16-9-10-29-25(16)33)31-26(34)24-18-6-3-5-17(18)14-32(24)27(35)22-12-19-20(30-22)7-4-8-23(19)36-2/h4,7-8,12,15-18,21,24,30H,3,5-6,9-11,14H2,1-2H3,(H,29,33)(H,31,34)/t15?,16-,17-,18-,21-,24-/m0/s1. The highest BCUT2D eigenvalue weighted by atomic mass is 16.5. The van der Waals surface area contributed by atoms with Gasteiger partial charge in [0.05, 0.1) is 19.1 Å². The minimum absolute atomic E-state index is 0.0258. The van der Waals surface area contributed by atoms with Crippen LogP contribution in [0.1, 0.15) is 49.5 Å². The summed E-state index contributed by atoms with van der Waals surface area (Å²) in [6.07, 6.45) is 4.06. The lowest BCUT2D eigenvalue weighted by atomic mass is 9.89. The van der Waals surface area contributed by atoms with Gasteiger partial charge in [0.2, 0.25) is 11.8 Å². The highest BCUT2D eigenvalue weighted by Crippen LogP contribution is 2.43. The van der Waals surface area contributed by atoms with E-state index in [1.165, 1.54) is 0 Å². The van der Waals surface area contributed by atoms with Crippen LogP contribution in [0.4, 0.5) is 0 Å². The SMILES string of the molecule is COc1cccc2[nH]c(C(=O)N3C[C@@H]4CCC[C@@H]4[C@H]3C(=O)N[C@@H](C[C@@H]3CCNC3=O)C(C)C#N)cc12. The molecule has 2 aliphatic heterocycles. The van der Waals surface area contributed by atoms with Crippen LogP contribution in [-0.4, -0.2) is 59.9 Å². The third kappa shape index (κ3) is 4.29. The third-order valence-corrected chi connectivity index (χ3v) is 8.33. The van der Waals surface area contributed by atoms with Crippen molar-refractivity contribution in [3.63, 3.8) is 0 Å². The van der Waals surface area contributed by atoms with Crippen LogP contribution in [-0.2, 0) is 9.59 Å². The van der Waals surface area contributed by atoms with Gasteiger partial charge in [0.1, 0.15) is 17.5 Å². The predicted molar refractivity (Wildman–Crippen MR) is 133 cm³/mol. The number of benzene rings is 1. The van der Waals surface area contributed by atoms with E-state index in [1.54, 1.807) is 25.0 Å². The maximum Gasteiger partial charge on any atom is 0.271 e. The monoisotopic (exact) mass is 491 g/mol. The van der Waals surface area contributed by atoms with E-state index in [0.29, 0.717) is 37.4 Å². The Hall–Kier alpha value is -3.54. The molecular formula is C27H33N5O4. The fourth-order valence-electron chi connectivity index (χ4n) is 6.35. The zero-order valence-electron chi connectivity index (χ0n) is 20.8. The van der Waals surface area contributed by atoms with Gasteiger partial charge in [-0.1, -0.05) is 12.5 Å². The molecule has 5 rings (SSSR count). The number of nitrogens with zero attached hydrogens (tertiary/aromatic N) is 2. The minimum atomic E-state index is -0.593. The topological polar surface area (TPSA) is 127 Å².